The predicted octanol–water partition coefficient (Wildman–Crippen LogP) is 1.74. The molecule has 0 saturated carbocycles. The normalized spacial score (nSPS) is 29.2. The van der Waals surface area contributed by atoms with Gasteiger partial charge in [0.25, 0.3) is 0 Å². The van der Waals surface area contributed by atoms with Crippen LogP contribution in [0.4, 0.5) is 5.13 Å². The maximum atomic E-state index is 9.97. The van der Waals surface area contributed by atoms with Crippen molar-refractivity contribution in [2.45, 2.75) is 38.3 Å². The summed E-state index contributed by atoms with van der Waals surface area (Å²) in [6.45, 7) is 4.61. The zero-order chi connectivity index (χ0) is 11.8. The van der Waals surface area contributed by atoms with E-state index < -0.39 is 0 Å². The highest BCUT2D eigenvalue weighted by Crippen LogP contribution is 2.38. The first-order chi connectivity index (χ1) is 8.25. The number of thiazole rings is 1. The van der Waals surface area contributed by atoms with Crippen LogP contribution in [-0.2, 0) is 11.2 Å². The number of hydrogen-bond donors (Lipinski definition) is 1. The van der Waals surface area contributed by atoms with E-state index in [9.17, 15) is 5.11 Å². The van der Waals surface area contributed by atoms with E-state index in [0.29, 0.717) is 6.04 Å². The van der Waals surface area contributed by atoms with E-state index in [1.807, 2.05) is 0 Å². The van der Waals surface area contributed by atoms with E-state index in [-0.39, 0.29) is 6.10 Å². The molecular formula is C12H18N2O2S. The van der Waals surface area contributed by atoms with E-state index in [2.05, 4.69) is 11.8 Å². The van der Waals surface area contributed by atoms with Crippen LogP contribution in [0.5, 0.6) is 0 Å². The molecule has 4 nitrogen and oxygen atoms in total. The lowest BCUT2D eigenvalue weighted by molar-refractivity contribution is 0.0989. The SMILES string of the molecule is CC1COCCN1c1nc2c(s1)C(O)CCC2. The molecule has 0 bridgehead atoms. The molecule has 5 heteroatoms. The number of anilines is 1. The number of hydrogen-bond acceptors (Lipinski definition) is 5. The first kappa shape index (κ1) is 11.4. The summed E-state index contributed by atoms with van der Waals surface area (Å²) in [6, 6.07) is 0.383. The second-order valence-corrected chi connectivity index (χ2v) is 5.84. The van der Waals surface area contributed by atoms with Crippen LogP contribution in [0, 0.1) is 0 Å². The quantitative estimate of drug-likeness (QED) is 0.829. The molecule has 2 heterocycles. The average Bonchev–Trinajstić information content (AvgIpc) is 2.75. The highest BCUT2D eigenvalue weighted by atomic mass is 32.1. The van der Waals surface area contributed by atoms with Gasteiger partial charge in [-0.25, -0.2) is 4.98 Å². The van der Waals surface area contributed by atoms with Crippen LogP contribution in [-0.4, -0.2) is 35.9 Å². The number of morpholine rings is 1. The second kappa shape index (κ2) is 4.55. The molecule has 94 valence electrons. The number of aliphatic hydroxyl groups excluding tert-OH is 1. The smallest absolute Gasteiger partial charge is 0.186 e. The van der Waals surface area contributed by atoms with Gasteiger partial charge >= 0.3 is 0 Å². The summed E-state index contributed by atoms with van der Waals surface area (Å²) in [5, 5.41) is 11.0. The van der Waals surface area contributed by atoms with Crippen LogP contribution >= 0.6 is 11.3 Å². The molecule has 1 aromatic rings. The minimum Gasteiger partial charge on any atom is -0.388 e. The Kier molecular flexibility index (Phi) is 3.06. The summed E-state index contributed by atoms with van der Waals surface area (Å²) < 4.78 is 5.44. The predicted molar refractivity (Wildman–Crippen MR) is 67.6 cm³/mol. The molecule has 1 N–H and O–H groups in total. The molecule has 17 heavy (non-hydrogen) atoms. The first-order valence-corrected chi connectivity index (χ1v) is 7.09. The molecule has 2 unspecified atom stereocenters. The highest BCUT2D eigenvalue weighted by molar-refractivity contribution is 7.15. The third kappa shape index (κ3) is 2.07. The lowest BCUT2D eigenvalue weighted by atomic mass is 10.0. The number of rotatable bonds is 1. The van der Waals surface area contributed by atoms with Crippen LogP contribution in [0.2, 0.25) is 0 Å². The molecule has 0 radical (unpaired) electrons. The fourth-order valence-corrected chi connectivity index (χ4v) is 3.78. The Labute approximate surface area is 105 Å². The number of aromatic nitrogens is 1. The van der Waals surface area contributed by atoms with Crippen LogP contribution in [0.25, 0.3) is 0 Å². The zero-order valence-corrected chi connectivity index (χ0v) is 10.9. The van der Waals surface area contributed by atoms with Gasteiger partial charge in [-0.3, -0.25) is 0 Å². The molecule has 1 aliphatic carbocycles. The van der Waals surface area contributed by atoms with Crippen molar-refractivity contribution >= 4 is 16.5 Å². The van der Waals surface area contributed by atoms with E-state index in [4.69, 9.17) is 9.72 Å². The minimum atomic E-state index is -0.290. The molecule has 1 aliphatic heterocycles. The lowest BCUT2D eigenvalue weighted by Crippen LogP contribution is -2.43. The maximum absolute atomic E-state index is 9.97. The van der Waals surface area contributed by atoms with Gasteiger partial charge in [0.2, 0.25) is 0 Å². The molecule has 1 fully saturated rings. The van der Waals surface area contributed by atoms with E-state index in [1.54, 1.807) is 11.3 Å². The minimum absolute atomic E-state index is 0.290. The van der Waals surface area contributed by atoms with Crippen molar-refractivity contribution in [3.05, 3.63) is 10.6 Å². The molecule has 3 rings (SSSR count). The van der Waals surface area contributed by atoms with Crippen molar-refractivity contribution < 1.29 is 9.84 Å². The van der Waals surface area contributed by atoms with Gasteiger partial charge in [-0.2, -0.15) is 0 Å². The number of ether oxygens (including phenoxy) is 1. The summed E-state index contributed by atoms with van der Waals surface area (Å²) in [5.74, 6) is 0. The van der Waals surface area contributed by atoms with E-state index in [1.165, 1.54) is 0 Å². The Bertz CT molecular complexity index is 407. The van der Waals surface area contributed by atoms with Crippen molar-refractivity contribution in [2.24, 2.45) is 0 Å². The van der Waals surface area contributed by atoms with Crippen molar-refractivity contribution in [2.75, 3.05) is 24.7 Å². The van der Waals surface area contributed by atoms with Gasteiger partial charge in [0.05, 0.1) is 35.9 Å². The Morgan fingerprint density at radius 2 is 2.41 bits per heavy atom. The van der Waals surface area contributed by atoms with Crippen molar-refractivity contribution in [1.29, 1.82) is 0 Å². The average molecular weight is 254 g/mol. The van der Waals surface area contributed by atoms with Gasteiger partial charge in [0.1, 0.15) is 0 Å². The first-order valence-electron chi connectivity index (χ1n) is 6.28. The monoisotopic (exact) mass is 254 g/mol. The molecule has 2 aliphatic rings. The van der Waals surface area contributed by atoms with Crippen LogP contribution < -0.4 is 4.90 Å². The van der Waals surface area contributed by atoms with Gasteiger partial charge in [-0.05, 0) is 26.2 Å². The molecule has 2 atom stereocenters. The number of aliphatic hydroxyl groups is 1. The van der Waals surface area contributed by atoms with E-state index >= 15 is 0 Å². The molecule has 0 aromatic carbocycles. The summed E-state index contributed by atoms with van der Waals surface area (Å²) in [6.07, 6.45) is 2.66. The number of nitrogens with zero attached hydrogens (tertiary/aromatic N) is 2. The number of fused-ring (bicyclic) bond motifs is 1. The Morgan fingerprint density at radius 3 is 3.18 bits per heavy atom. The Hall–Kier alpha value is -0.650. The summed E-state index contributed by atoms with van der Waals surface area (Å²) in [7, 11) is 0. The van der Waals surface area contributed by atoms with Crippen LogP contribution in [0.1, 0.15) is 36.4 Å². The fourth-order valence-electron chi connectivity index (χ4n) is 2.52. The van der Waals surface area contributed by atoms with Gasteiger partial charge < -0.3 is 14.7 Å². The number of aryl methyl sites for hydroxylation is 1. The lowest BCUT2D eigenvalue weighted by Gasteiger charge is -2.32. The van der Waals surface area contributed by atoms with Gasteiger partial charge in [0.15, 0.2) is 5.13 Å². The molecule has 0 spiro atoms. The standard InChI is InChI=1S/C12H18N2O2S/c1-8-7-16-6-5-14(8)12-13-9-3-2-4-10(15)11(9)17-12/h8,10,15H,2-7H2,1H3. The van der Waals surface area contributed by atoms with Gasteiger partial charge in [-0.15, -0.1) is 0 Å². The molecule has 0 amide bonds. The molecule has 1 saturated heterocycles. The topological polar surface area (TPSA) is 45.6 Å². The molecule has 1 aromatic heterocycles. The summed E-state index contributed by atoms with van der Waals surface area (Å²) >= 11 is 1.66. The molecular weight excluding hydrogens is 236 g/mol. The third-order valence-corrected chi connectivity index (χ3v) is 4.76. The fraction of sp³-hybridized carbons (Fsp3) is 0.750. The second-order valence-electron chi connectivity index (χ2n) is 4.83. The van der Waals surface area contributed by atoms with Crippen LogP contribution in [0.15, 0.2) is 0 Å². The maximum Gasteiger partial charge on any atom is 0.186 e. The van der Waals surface area contributed by atoms with Crippen molar-refractivity contribution in [3.63, 3.8) is 0 Å². The largest absolute Gasteiger partial charge is 0.388 e. The zero-order valence-electron chi connectivity index (χ0n) is 10.1. The third-order valence-electron chi connectivity index (χ3n) is 3.52. The Balaban J connectivity index is 1.88. The van der Waals surface area contributed by atoms with Crippen molar-refractivity contribution in [3.8, 4) is 0 Å². The Morgan fingerprint density at radius 1 is 1.53 bits per heavy atom. The van der Waals surface area contributed by atoms with Crippen LogP contribution in [0.3, 0.4) is 0 Å². The highest BCUT2D eigenvalue weighted by Gasteiger charge is 2.27. The van der Waals surface area contributed by atoms with E-state index in [0.717, 1.165) is 54.7 Å². The summed E-state index contributed by atoms with van der Waals surface area (Å²) in [5.41, 5.74) is 1.11. The summed E-state index contributed by atoms with van der Waals surface area (Å²) in [4.78, 5) is 8.10. The van der Waals surface area contributed by atoms with Gasteiger partial charge in [-0.1, -0.05) is 11.3 Å². The van der Waals surface area contributed by atoms with Gasteiger partial charge in [0, 0.05) is 6.54 Å². The van der Waals surface area contributed by atoms with Crippen molar-refractivity contribution in [1.82, 2.24) is 4.98 Å².